The van der Waals surface area contributed by atoms with Gasteiger partial charge in [0.05, 0.1) is 11.6 Å². The van der Waals surface area contributed by atoms with Gasteiger partial charge >= 0.3 is 0 Å². The number of hydrogen-bond acceptors (Lipinski definition) is 3. The molecule has 4 aliphatic rings. The molecule has 2 N–H and O–H groups in total. The Morgan fingerprint density at radius 3 is 3.00 bits per heavy atom. The molecule has 0 amide bonds. The van der Waals surface area contributed by atoms with Crippen molar-refractivity contribution >= 4 is 28.2 Å². The number of piperidine rings is 3. The first kappa shape index (κ1) is 20.4. The zero-order chi connectivity index (χ0) is 21.2. The van der Waals surface area contributed by atoms with E-state index in [0.717, 1.165) is 36.7 Å². The molecular formula is C26H30N4S. The van der Waals surface area contributed by atoms with E-state index in [-0.39, 0.29) is 6.04 Å². The number of pyridine rings is 1. The van der Waals surface area contributed by atoms with Crippen molar-refractivity contribution in [3.05, 3.63) is 78.5 Å². The minimum absolute atomic E-state index is 0.120. The topological polar surface area (TPSA) is 40.2 Å². The molecule has 4 heterocycles. The molecule has 3 fully saturated rings. The van der Waals surface area contributed by atoms with Crippen LogP contribution >= 0.6 is 12.2 Å². The molecule has 2 aromatic rings. The van der Waals surface area contributed by atoms with Crippen molar-refractivity contribution in [2.45, 2.75) is 31.3 Å². The van der Waals surface area contributed by atoms with Crippen LogP contribution < -0.4 is 10.6 Å². The third-order valence-corrected chi connectivity index (χ3v) is 7.41. The fourth-order valence-electron chi connectivity index (χ4n) is 5.51. The van der Waals surface area contributed by atoms with Gasteiger partial charge in [0.25, 0.3) is 0 Å². The van der Waals surface area contributed by atoms with Crippen molar-refractivity contribution in [2.75, 3.05) is 19.6 Å². The van der Waals surface area contributed by atoms with Crippen LogP contribution in [0, 0.1) is 11.8 Å². The van der Waals surface area contributed by atoms with Crippen molar-refractivity contribution in [3.8, 4) is 0 Å². The van der Waals surface area contributed by atoms with Crippen LogP contribution in [-0.2, 0) is 0 Å². The van der Waals surface area contributed by atoms with E-state index in [1.54, 1.807) is 0 Å². The highest BCUT2D eigenvalue weighted by molar-refractivity contribution is 7.80. The number of para-hydroxylation sites is 1. The van der Waals surface area contributed by atoms with Crippen molar-refractivity contribution in [3.63, 3.8) is 0 Å². The highest BCUT2D eigenvalue weighted by atomic mass is 32.1. The van der Waals surface area contributed by atoms with Crippen LogP contribution in [0.3, 0.4) is 0 Å². The molecule has 31 heavy (non-hydrogen) atoms. The normalized spacial score (nSPS) is 27.7. The molecule has 5 atom stereocenters. The molecule has 5 heteroatoms. The summed E-state index contributed by atoms with van der Waals surface area (Å²) in [6.07, 6.45) is 14.1. The average Bonchev–Trinajstić information content (AvgIpc) is 3.35. The standard InChI is InChI=1S/C26H30N4S/c1-2-19-17-30-14-12-20(19)15-24(30)25(29-26(31)28-16-18-7-3-4-8-18)22-11-13-27-23-10-6-5-9-21(22)23/h2-3,5-11,13,19-20,24-25H,1,4,12,14-17H2,(H2,28,29,31)/t19?,20?,24?,25-/m1/s1. The Balaban J connectivity index is 1.43. The van der Waals surface area contributed by atoms with Crippen molar-refractivity contribution in [2.24, 2.45) is 11.8 Å². The fraction of sp³-hybridized carbons (Fsp3) is 0.385. The second kappa shape index (κ2) is 8.93. The van der Waals surface area contributed by atoms with Crippen molar-refractivity contribution in [1.29, 1.82) is 0 Å². The summed E-state index contributed by atoms with van der Waals surface area (Å²) in [6.45, 7) is 7.10. The Morgan fingerprint density at radius 1 is 1.32 bits per heavy atom. The number of fused-ring (bicyclic) bond motifs is 4. The fourth-order valence-corrected chi connectivity index (χ4v) is 5.71. The van der Waals surface area contributed by atoms with Gasteiger partial charge in [0.1, 0.15) is 0 Å². The molecule has 1 aliphatic carbocycles. The number of rotatable bonds is 6. The Hall–Kier alpha value is -2.50. The Kier molecular flexibility index (Phi) is 5.88. The van der Waals surface area contributed by atoms with E-state index < -0.39 is 0 Å². The van der Waals surface area contributed by atoms with E-state index >= 15 is 0 Å². The number of nitrogens with one attached hydrogen (secondary N) is 2. The van der Waals surface area contributed by atoms with E-state index in [0.29, 0.717) is 17.9 Å². The minimum Gasteiger partial charge on any atom is -0.359 e. The molecular weight excluding hydrogens is 400 g/mol. The first-order valence-corrected chi connectivity index (χ1v) is 11.7. The van der Waals surface area contributed by atoms with Crippen LogP contribution in [0.15, 0.2) is 73.0 Å². The minimum atomic E-state index is 0.120. The maximum atomic E-state index is 5.77. The number of thiocarbonyl (C=S) groups is 1. The Labute approximate surface area is 190 Å². The molecule has 4 nitrogen and oxygen atoms in total. The quantitative estimate of drug-likeness (QED) is 0.521. The summed E-state index contributed by atoms with van der Waals surface area (Å²) in [5, 5.41) is 9.06. The summed E-state index contributed by atoms with van der Waals surface area (Å²) >= 11 is 5.77. The van der Waals surface area contributed by atoms with Gasteiger partial charge in [-0.2, -0.15) is 0 Å². The summed E-state index contributed by atoms with van der Waals surface area (Å²) in [5.74, 6) is 1.31. The second-order valence-corrected chi connectivity index (χ2v) is 9.29. The first-order chi connectivity index (χ1) is 15.2. The molecule has 6 rings (SSSR count). The largest absolute Gasteiger partial charge is 0.359 e. The molecule has 3 aliphatic heterocycles. The summed E-state index contributed by atoms with van der Waals surface area (Å²) in [7, 11) is 0. The van der Waals surface area contributed by atoms with Crippen LogP contribution in [0.2, 0.25) is 0 Å². The highest BCUT2D eigenvalue weighted by Gasteiger charge is 2.43. The van der Waals surface area contributed by atoms with Crippen molar-refractivity contribution in [1.82, 2.24) is 20.5 Å². The van der Waals surface area contributed by atoms with Crippen LogP contribution in [-0.4, -0.2) is 40.7 Å². The van der Waals surface area contributed by atoms with Gasteiger partial charge in [0.2, 0.25) is 0 Å². The molecule has 1 aromatic heterocycles. The van der Waals surface area contributed by atoms with Crippen LogP contribution in [0.4, 0.5) is 0 Å². The lowest BCUT2D eigenvalue weighted by molar-refractivity contribution is 0.00431. The molecule has 0 radical (unpaired) electrons. The monoisotopic (exact) mass is 430 g/mol. The third-order valence-electron chi connectivity index (χ3n) is 7.14. The van der Waals surface area contributed by atoms with Gasteiger partial charge < -0.3 is 10.6 Å². The van der Waals surface area contributed by atoms with Crippen LogP contribution in [0.5, 0.6) is 0 Å². The average molecular weight is 431 g/mol. The zero-order valence-electron chi connectivity index (χ0n) is 17.8. The SMILES string of the molecule is C=CC1CN2CCC1CC2[C@H](NC(=S)NCC1=CCC=C1)c1ccnc2ccccc12. The van der Waals surface area contributed by atoms with E-state index in [9.17, 15) is 0 Å². The van der Waals surface area contributed by atoms with Gasteiger partial charge in [0, 0.05) is 30.7 Å². The second-order valence-electron chi connectivity index (χ2n) is 8.89. The lowest BCUT2D eigenvalue weighted by atomic mass is 9.73. The van der Waals surface area contributed by atoms with Crippen molar-refractivity contribution < 1.29 is 0 Å². The molecule has 0 spiro atoms. The smallest absolute Gasteiger partial charge is 0.167 e. The van der Waals surface area contributed by atoms with Gasteiger partial charge in [-0.05, 0) is 73.1 Å². The first-order valence-electron chi connectivity index (χ1n) is 11.3. The summed E-state index contributed by atoms with van der Waals surface area (Å²) in [6, 6.07) is 11.1. The van der Waals surface area contributed by atoms with E-state index in [1.165, 1.54) is 29.4 Å². The maximum Gasteiger partial charge on any atom is 0.167 e. The molecule has 1 aromatic carbocycles. The Morgan fingerprint density at radius 2 is 2.23 bits per heavy atom. The van der Waals surface area contributed by atoms with Gasteiger partial charge in [-0.15, -0.1) is 6.58 Å². The predicted octanol–water partition coefficient (Wildman–Crippen LogP) is 4.52. The predicted molar refractivity (Wildman–Crippen MR) is 132 cm³/mol. The summed E-state index contributed by atoms with van der Waals surface area (Å²) in [4.78, 5) is 7.24. The number of hydrogen-bond donors (Lipinski definition) is 2. The summed E-state index contributed by atoms with van der Waals surface area (Å²) in [5.41, 5.74) is 3.61. The van der Waals surface area contributed by atoms with Gasteiger partial charge in [-0.1, -0.05) is 42.5 Å². The van der Waals surface area contributed by atoms with E-state index in [2.05, 4.69) is 81.7 Å². The molecule has 2 bridgehead atoms. The lowest BCUT2D eigenvalue weighted by Gasteiger charge is -2.52. The third kappa shape index (κ3) is 4.17. The number of nitrogens with zero attached hydrogens (tertiary/aromatic N) is 2. The molecule has 0 saturated carbocycles. The molecule has 3 saturated heterocycles. The van der Waals surface area contributed by atoms with Gasteiger partial charge in [-0.25, -0.2) is 0 Å². The molecule has 4 unspecified atom stereocenters. The van der Waals surface area contributed by atoms with E-state index in [4.69, 9.17) is 12.2 Å². The number of benzene rings is 1. The van der Waals surface area contributed by atoms with Crippen LogP contribution in [0.25, 0.3) is 10.9 Å². The van der Waals surface area contributed by atoms with Gasteiger partial charge in [0.15, 0.2) is 5.11 Å². The number of allylic oxidation sites excluding steroid dienone is 2. The highest BCUT2D eigenvalue weighted by Crippen LogP contribution is 2.42. The van der Waals surface area contributed by atoms with Crippen LogP contribution in [0.1, 0.15) is 30.9 Å². The van der Waals surface area contributed by atoms with E-state index in [1.807, 2.05) is 6.20 Å². The van der Waals surface area contributed by atoms with Gasteiger partial charge in [-0.3, -0.25) is 9.88 Å². The molecule has 160 valence electrons. The summed E-state index contributed by atoms with van der Waals surface area (Å²) < 4.78 is 0. The number of aromatic nitrogens is 1. The zero-order valence-corrected chi connectivity index (χ0v) is 18.7. The maximum absolute atomic E-state index is 5.77. The Bertz CT molecular complexity index is 1040. The lowest BCUT2D eigenvalue weighted by Crippen LogP contribution is -2.58.